The number of thiazole rings is 1. The second kappa shape index (κ2) is 8.13. The van der Waals surface area contributed by atoms with E-state index in [1.807, 2.05) is 4.90 Å². The van der Waals surface area contributed by atoms with Crippen LogP contribution in [0.4, 0.5) is 10.1 Å². The first-order valence-corrected chi connectivity index (χ1v) is 10.1. The first kappa shape index (κ1) is 20.5. The van der Waals surface area contributed by atoms with Gasteiger partial charge in [0.05, 0.1) is 35.9 Å². The number of methoxy groups -OCH3 is 1. The summed E-state index contributed by atoms with van der Waals surface area (Å²) >= 11 is 1.14. The van der Waals surface area contributed by atoms with Crippen molar-refractivity contribution in [2.24, 2.45) is 4.99 Å². The molecule has 1 aromatic carbocycles. The van der Waals surface area contributed by atoms with Gasteiger partial charge in [-0.3, -0.25) is 9.79 Å². The van der Waals surface area contributed by atoms with Crippen molar-refractivity contribution in [3.63, 3.8) is 0 Å². The molecule has 0 amide bonds. The Hall–Kier alpha value is -2.82. The zero-order valence-electron chi connectivity index (χ0n) is 16.4. The molecule has 0 spiro atoms. The van der Waals surface area contributed by atoms with Gasteiger partial charge in [0.1, 0.15) is 16.2 Å². The van der Waals surface area contributed by atoms with E-state index in [4.69, 9.17) is 9.47 Å². The van der Waals surface area contributed by atoms with E-state index in [0.29, 0.717) is 47.9 Å². The molecule has 3 aromatic rings. The summed E-state index contributed by atoms with van der Waals surface area (Å²) in [7, 11) is 3.14. The molecular formula is C20H20FN3O5S. The van der Waals surface area contributed by atoms with Crippen LogP contribution in [-0.2, 0) is 9.47 Å². The molecule has 1 fully saturated rings. The van der Waals surface area contributed by atoms with E-state index in [1.54, 1.807) is 30.1 Å². The van der Waals surface area contributed by atoms with E-state index >= 15 is 4.39 Å². The van der Waals surface area contributed by atoms with Gasteiger partial charge in [-0.05, 0) is 6.07 Å². The number of aromatic carboxylic acids is 1. The van der Waals surface area contributed by atoms with Crippen LogP contribution in [0, 0.1) is 5.82 Å². The van der Waals surface area contributed by atoms with Gasteiger partial charge in [-0.2, -0.15) is 0 Å². The highest BCUT2D eigenvalue weighted by Gasteiger charge is 2.28. The summed E-state index contributed by atoms with van der Waals surface area (Å²) in [4.78, 5) is 30.9. The summed E-state index contributed by atoms with van der Waals surface area (Å²) < 4.78 is 27.8. The lowest BCUT2D eigenvalue weighted by Crippen LogP contribution is -2.45. The monoisotopic (exact) mass is 433 g/mol. The van der Waals surface area contributed by atoms with Gasteiger partial charge in [0, 0.05) is 50.6 Å². The SMILES string of the molecule is CN=Cc1c(N2CCO[C@@H](COC)C2)c(F)cc2c(=O)c(C(=O)O)c3sccn3c12. The number of aromatic nitrogens is 1. The number of carbonyl (C=O) groups is 1. The molecule has 0 unspecified atom stereocenters. The maximum absolute atomic E-state index is 15.4. The van der Waals surface area contributed by atoms with Crippen LogP contribution >= 0.6 is 11.3 Å². The summed E-state index contributed by atoms with van der Waals surface area (Å²) in [6.45, 7) is 1.65. The smallest absolute Gasteiger partial charge is 0.342 e. The number of hydrogen-bond acceptors (Lipinski definition) is 7. The lowest BCUT2D eigenvalue weighted by atomic mass is 10.0. The minimum absolute atomic E-state index is 0.00107. The quantitative estimate of drug-likeness (QED) is 0.621. The molecule has 0 saturated carbocycles. The van der Waals surface area contributed by atoms with Gasteiger partial charge < -0.3 is 23.9 Å². The first-order valence-electron chi connectivity index (χ1n) is 9.26. The standard InChI is InChI=1S/C20H20FN3O5S/c1-22-8-13-16-12(18(25)15(20(26)27)19-24(16)4-6-30-19)7-14(21)17(13)23-3-5-29-11(9-23)10-28-2/h4,6-8,11H,3,5,9-10H2,1-2H3,(H,26,27)/t11-/m1/s1. The molecule has 0 bridgehead atoms. The summed E-state index contributed by atoms with van der Waals surface area (Å²) in [5.41, 5.74) is 0.0805. The average molecular weight is 433 g/mol. The van der Waals surface area contributed by atoms with Crippen molar-refractivity contribution in [1.29, 1.82) is 0 Å². The van der Waals surface area contributed by atoms with E-state index in [0.717, 1.165) is 17.4 Å². The van der Waals surface area contributed by atoms with Crippen molar-refractivity contribution >= 4 is 44.9 Å². The van der Waals surface area contributed by atoms with Crippen molar-refractivity contribution in [2.45, 2.75) is 6.10 Å². The molecule has 8 nitrogen and oxygen atoms in total. The van der Waals surface area contributed by atoms with Gasteiger partial charge in [0.2, 0.25) is 5.43 Å². The van der Waals surface area contributed by atoms with Crippen LogP contribution in [0.2, 0.25) is 0 Å². The first-order chi connectivity index (χ1) is 14.5. The Morgan fingerprint density at radius 1 is 1.53 bits per heavy atom. The van der Waals surface area contributed by atoms with Crippen LogP contribution in [0.15, 0.2) is 27.4 Å². The molecule has 1 N–H and O–H groups in total. The van der Waals surface area contributed by atoms with Crippen molar-refractivity contribution in [3.8, 4) is 0 Å². The summed E-state index contributed by atoms with van der Waals surface area (Å²) in [5.74, 6) is -1.95. The number of pyridine rings is 1. The lowest BCUT2D eigenvalue weighted by molar-refractivity contribution is -0.0102. The lowest BCUT2D eigenvalue weighted by Gasteiger charge is -2.35. The second-order valence-corrected chi connectivity index (χ2v) is 7.78. The maximum Gasteiger partial charge on any atom is 0.342 e. The van der Waals surface area contributed by atoms with E-state index in [-0.39, 0.29) is 17.1 Å². The Morgan fingerprint density at radius 2 is 2.33 bits per heavy atom. The minimum atomic E-state index is -1.34. The number of carboxylic acid groups (broad SMARTS) is 1. The Kier molecular flexibility index (Phi) is 5.54. The average Bonchev–Trinajstić information content (AvgIpc) is 3.17. The third kappa shape index (κ3) is 3.26. The van der Waals surface area contributed by atoms with Gasteiger partial charge in [-0.1, -0.05) is 0 Å². The van der Waals surface area contributed by atoms with Crippen LogP contribution < -0.4 is 10.3 Å². The molecule has 10 heteroatoms. The highest BCUT2D eigenvalue weighted by molar-refractivity contribution is 7.16. The number of aliphatic imine (C=N–C) groups is 1. The van der Waals surface area contributed by atoms with Crippen LogP contribution in [0.1, 0.15) is 15.9 Å². The highest BCUT2D eigenvalue weighted by Crippen LogP contribution is 2.33. The van der Waals surface area contributed by atoms with Crippen molar-refractivity contribution < 1.29 is 23.8 Å². The second-order valence-electron chi connectivity index (χ2n) is 6.89. The number of halogens is 1. The molecule has 0 aliphatic carbocycles. The number of morpholine rings is 1. The number of carboxylic acids is 1. The zero-order chi connectivity index (χ0) is 21.4. The van der Waals surface area contributed by atoms with E-state index in [1.165, 1.54) is 6.21 Å². The Bertz CT molecular complexity index is 1220. The summed E-state index contributed by atoms with van der Waals surface area (Å²) in [5, 5.41) is 11.3. The van der Waals surface area contributed by atoms with E-state index in [9.17, 15) is 14.7 Å². The fourth-order valence-electron chi connectivity index (χ4n) is 3.92. The molecule has 1 atom stereocenters. The molecule has 30 heavy (non-hydrogen) atoms. The van der Waals surface area contributed by atoms with Gasteiger partial charge in [-0.15, -0.1) is 11.3 Å². The number of benzene rings is 1. The van der Waals surface area contributed by atoms with Crippen molar-refractivity contribution in [2.75, 3.05) is 45.4 Å². The number of ether oxygens (including phenoxy) is 2. The molecular weight excluding hydrogens is 413 g/mol. The Balaban J connectivity index is 2.05. The molecule has 1 aliphatic rings. The number of anilines is 1. The fourth-order valence-corrected chi connectivity index (χ4v) is 4.79. The maximum atomic E-state index is 15.4. The number of fused-ring (bicyclic) bond motifs is 3. The molecule has 0 radical (unpaired) electrons. The molecule has 2 aromatic heterocycles. The summed E-state index contributed by atoms with van der Waals surface area (Å²) in [6.07, 6.45) is 2.96. The van der Waals surface area contributed by atoms with Crippen LogP contribution in [0.5, 0.6) is 0 Å². The number of hydrogen-bond donors (Lipinski definition) is 1. The van der Waals surface area contributed by atoms with Crippen LogP contribution in [0.25, 0.3) is 15.7 Å². The van der Waals surface area contributed by atoms with Gasteiger partial charge in [0.15, 0.2) is 0 Å². The third-order valence-electron chi connectivity index (χ3n) is 5.08. The van der Waals surface area contributed by atoms with Gasteiger partial charge in [0.25, 0.3) is 0 Å². The van der Waals surface area contributed by atoms with Crippen molar-refractivity contribution in [3.05, 3.63) is 44.8 Å². The van der Waals surface area contributed by atoms with Crippen molar-refractivity contribution in [1.82, 2.24) is 4.40 Å². The highest BCUT2D eigenvalue weighted by atomic mass is 32.1. The molecule has 1 aliphatic heterocycles. The summed E-state index contributed by atoms with van der Waals surface area (Å²) in [6, 6.07) is 1.12. The predicted molar refractivity (Wildman–Crippen MR) is 113 cm³/mol. The number of rotatable bonds is 5. The zero-order valence-corrected chi connectivity index (χ0v) is 17.2. The van der Waals surface area contributed by atoms with E-state index in [2.05, 4.69) is 4.99 Å². The van der Waals surface area contributed by atoms with Gasteiger partial charge in [-0.25, -0.2) is 9.18 Å². The molecule has 1 saturated heterocycles. The van der Waals surface area contributed by atoms with Crippen LogP contribution in [0.3, 0.4) is 0 Å². The van der Waals surface area contributed by atoms with E-state index < -0.39 is 17.2 Å². The molecule has 3 heterocycles. The third-order valence-corrected chi connectivity index (χ3v) is 5.96. The predicted octanol–water partition coefficient (Wildman–Crippen LogP) is 2.25. The molecule has 4 rings (SSSR count). The fraction of sp³-hybridized carbons (Fsp3) is 0.350. The molecule has 158 valence electrons. The largest absolute Gasteiger partial charge is 0.477 e. The topological polar surface area (TPSA) is 92.8 Å². The number of nitrogens with zero attached hydrogens (tertiary/aromatic N) is 3. The van der Waals surface area contributed by atoms with Gasteiger partial charge >= 0.3 is 5.97 Å². The minimum Gasteiger partial charge on any atom is -0.477 e. The Morgan fingerprint density at radius 3 is 3.03 bits per heavy atom. The van der Waals surface area contributed by atoms with Crippen LogP contribution in [-0.4, -0.2) is 68.3 Å². The normalized spacial score (nSPS) is 17.4. The Labute approximate surface area is 174 Å².